The van der Waals surface area contributed by atoms with Crippen molar-refractivity contribution in [1.82, 2.24) is 29.6 Å². The molecule has 0 aliphatic carbocycles. The number of nitrogens with one attached hydrogen (secondary N) is 1. The summed E-state index contributed by atoms with van der Waals surface area (Å²) < 4.78 is 1.72. The number of rotatable bonds is 3. The smallest absolute Gasteiger partial charge is 0.247 e. The van der Waals surface area contributed by atoms with Crippen LogP contribution in [0.25, 0.3) is 22.3 Å². The minimum Gasteiger partial charge on any atom is -0.346 e. The van der Waals surface area contributed by atoms with E-state index < -0.39 is 0 Å². The van der Waals surface area contributed by atoms with Gasteiger partial charge in [-0.25, -0.2) is 9.97 Å². The number of nitrogens with zero attached hydrogens (tertiary/aromatic N) is 5. The first kappa shape index (κ1) is 13.9. The summed E-state index contributed by atoms with van der Waals surface area (Å²) >= 11 is 0. The molecule has 1 amide bonds. The quantitative estimate of drug-likeness (QED) is 0.802. The number of aromatic nitrogens is 5. The maximum absolute atomic E-state index is 12.5. The van der Waals surface area contributed by atoms with E-state index in [-0.39, 0.29) is 11.9 Å². The number of carbonyl (C=O) groups is 1. The van der Waals surface area contributed by atoms with Crippen molar-refractivity contribution in [2.45, 2.75) is 25.8 Å². The van der Waals surface area contributed by atoms with E-state index in [0.29, 0.717) is 0 Å². The van der Waals surface area contributed by atoms with Gasteiger partial charge in [-0.05, 0) is 25.8 Å². The van der Waals surface area contributed by atoms with Crippen molar-refractivity contribution in [3.8, 4) is 11.3 Å². The third kappa shape index (κ3) is 2.38. The summed E-state index contributed by atoms with van der Waals surface area (Å²) in [6, 6.07) is 1.64. The summed E-state index contributed by atoms with van der Waals surface area (Å²) in [6.07, 6.45) is 9.19. The number of amides is 1. The summed E-state index contributed by atoms with van der Waals surface area (Å²) in [5, 5.41) is 5.32. The molecule has 0 radical (unpaired) electrons. The molecule has 4 heterocycles. The molecule has 1 saturated heterocycles. The predicted octanol–water partition coefficient (Wildman–Crippen LogP) is 2.00. The highest BCUT2D eigenvalue weighted by Gasteiger charge is 2.25. The van der Waals surface area contributed by atoms with Crippen molar-refractivity contribution in [2.75, 3.05) is 13.1 Å². The van der Waals surface area contributed by atoms with Crippen LogP contribution in [0.3, 0.4) is 0 Å². The Morgan fingerprint density at radius 2 is 2.13 bits per heavy atom. The molecule has 3 aromatic heterocycles. The Bertz CT molecular complexity index is 845. The van der Waals surface area contributed by atoms with Crippen molar-refractivity contribution >= 4 is 16.9 Å². The van der Waals surface area contributed by atoms with Crippen LogP contribution in [0.1, 0.15) is 25.8 Å². The van der Waals surface area contributed by atoms with Gasteiger partial charge < -0.3 is 9.88 Å². The van der Waals surface area contributed by atoms with Crippen LogP contribution in [0.15, 0.2) is 31.0 Å². The molecule has 3 aromatic rings. The lowest BCUT2D eigenvalue weighted by atomic mass is 10.2. The minimum absolute atomic E-state index is 0.131. The zero-order valence-electron chi connectivity index (χ0n) is 12.9. The number of hydrogen-bond donors (Lipinski definition) is 1. The van der Waals surface area contributed by atoms with Gasteiger partial charge >= 0.3 is 0 Å². The van der Waals surface area contributed by atoms with Gasteiger partial charge in [0, 0.05) is 36.4 Å². The highest BCUT2D eigenvalue weighted by Crippen LogP contribution is 2.25. The van der Waals surface area contributed by atoms with E-state index in [4.69, 9.17) is 0 Å². The zero-order valence-corrected chi connectivity index (χ0v) is 12.9. The average Bonchev–Trinajstić information content (AvgIpc) is 3.33. The summed E-state index contributed by atoms with van der Waals surface area (Å²) in [4.78, 5) is 26.0. The zero-order chi connectivity index (χ0) is 15.8. The molecule has 7 nitrogen and oxygen atoms in total. The van der Waals surface area contributed by atoms with E-state index in [1.165, 1.54) is 6.33 Å². The number of aromatic amines is 1. The van der Waals surface area contributed by atoms with Crippen LogP contribution in [0.2, 0.25) is 0 Å². The molecular formula is C16H18N6O. The van der Waals surface area contributed by atoms with Crippen LogP contribution < -0.4 is 0 Å². The molecule has 0 bridgehead atoms. The topological polar surface area (TPSA) is 79.7 Å². The van der Waals surface area contributed by atoms with Crippen LogP contribution >= 0.6 is 0 Å². The third-order valence-corrected chi connectivity index (χ3v) is 4.40. The fourth-order valence-corrected chi connectivity index (χ4v) is 3.09. The summed E-state index contributed by atoms with van der Waals surface area (Å²) in [6.45, 7) is 3.60. The summed E-state index contributed by atoms with van der Waals surface area (Å²) in [5.41, 5.74) is 2.50. The van der Waals surface area contributed by atoms with Crippen molar-refractivity contribution in [1.29, 1.82) is 0 Å². The van der Waals surface area contributed by atoms with Gasteiger partial charge in [-0.15, -0.1) is 0 Å². The van der Waals surface area contributed by atoms with Gasteiger partial charge in [0.1, 0.15) is 18.0 Å². The molecule has 23 heavy (non-hydrogen) atoms. The monoisotopic (exact) mass is 310 g/mol. The lowest BCUT2D eigenvalue weighted by molar-refractivity contribution is -0.133. The van der Waals surface area contributed by atoms with Crippen LogP contribution in [0.5, 0.6) is 0 Å². The Hall–Kier alpha value is -2.70. The molecule has 1 aliphatic heterocycles. The molecule has 1 unspecified atom stereocenters. The fraction of sp³-hybridized carbons (Fsp3) is 0.375. The number of H-pyrrole nitrogens is 1. The maximum Gasteiger partial charge on any atom is 0.247 e. The van der Waals surface area contributed by atoms with Gasteiger partial charge in [0.05, 0.1) is 11.9 Å². The lowest BCUT2D eigenvalue weighted by Gasteiger charge is -2.20. The van der Waals surface area contributed by atoms with Gasteiger partial charge in [0.25, 0.3) is 0 Å². The number of fused-ring (bicyclic) bond motifs is 1. The first-order valence-corrected chi connectivity index (χ1v) is 7.85. The molecule has 4 rings (SSSR count). The van der Waals surface area contributed by atoms with E-state index in [2.05, 4.69) is 20.1 Å². The average molecular weight is 310 g/mol. The standard InChI is InChI=1S/C16H18N6O/c1-11(16(23)21-6-2-3-7-21)22-9-12(8-20-22)14-13-4-5-17-15(13)19-10-18-14/h4-5,8-11H,2-3,6-7H2,1H3,(H,17,18,19). The van der Waals surface area contributed by atoms with E-state index in [1.807, 2.05) is 30.3 Å². The van der Waals surface area contributed by atoms with Gasteiger partial charge in [-0.1, -0.05) is 0 Å². The molecule has 118 valence electrons. The largest absolute Gasteiger partial charge is 0.346 e. The van der Waals surface area contributed by atoms with E-state index in [9.17, 15) is 4.79 Å². The van der Waals surface area contributed by atoms with Gasteiger partial charge in [-0.3, -0.25) is 9.48 Å². The Morgan fingerprint density at radius 3 is 2.96 bits per heavy atom. The van der Waals surface area contributed by atoms with Gasteiger partial charge in [-0.2, -0.15) is 5.10 Å². The van der Waals surface area contributed by atoms with Crippen molar-refractivity contribution in [3.05, 3.63) is 31.0 Å². The second kappa shape index (κ2) is 5.49. The maximum atomic E-state index is 12.5. The minimum atomic E-state index is -0.301. The Morgan fingerprint density at radius 1 is 1.30 bits per heavy atom. The van der Waals surface area contributed by atoms with Gasteiger partial charge in [0.15, 0.2) is 0 Å². The molecule has 0 aromatic carbocycles. The van der Waals surface area contributed by atoms with Crippen molar-refractivity contribution in [3.63, 3.8) is 0 Å². The van der Waals surface area contributed by atoms with E-state index in [1.54, 1.807) is 10.9 Å². The van der Waals surface area contributed by atoms with E-state index in [0.717, 1.165) is 48.2 Å². The van der Waals surface area contributed by atoms with Crippen molar-refractivity contribution in [2.24, 2.45) is 0 Å². The second-order valence-electron chi connectivity index (χ2n) is 5.88. The van der Waals surface area contributed by atoms with Crippen LogP contribution in [0.4, 0.5) is 0 Å². The highest BCUT2D eigenvalue weighted by atomic mass is 16.2. The molecule has 1 atom stereocenters. The van der Waals surface area contributed by atoms with Crippen LogP contribution in [-0.4, -0.2) is 48.6 Å². The van der Waals surface area contributed by atoms with Crippen molar-refractivity contribution < 1.29 is 4.79 Å². The molecule has 1 N–H and O–H groups in total. The lowest BCUT2D eigenvalue weighted by Crippen LogP contribution is -2.34. The molecule has 1 fully saturated rings. The number of likely N-dealkylation sites (tertiary alicyclic amines) is 1. The molecular weight excluding hydrogens is 292 g/mol. The van der Waals surface area contributed by atoms with Gasteiger partial charge in [0.2, 0.25) is 5.91 Å². The number of carbonyl (C=O) groups excluding carboxylic acids is 1. The first-order valence-electron chi connectivity index (χ1n) is 7.85. The highest BCUT2D eigenvalue weighted by molar-refractivity contribution is 5.90. The summed E-state index contributed by atoms with van der Waals surface area (Å²) in [5.74, 6) is 0.131. The second-order valence-corrected chi connectivity index (χ2v) is 5.88. The Balaban J connectivity index is 1.63. The molecule has 0 spiro atoms. The third-order valence-electron chi connectivity index (χ3n) is 4.40. The first-order chi connectivity index (χ1) is 11.2. The fourth-order valence-electron chi connectivity index (χ4n) is 3.09. The predicted molar refractivity (Wildman–Crippen MR) is 85.6 cm³/mol. The number of hydrogen-bond acceptors (Lipinski definition) is 4. The summed E-state index contributed by atoms with van der Waals surface area (Å²) in [7, 11) is 0. The van der Waals surface area contributed by atoms with E-state index >= 15 is 0 Å². The normalized spacial score (nSPS) is 16.1. The Kier molecular flexibility index (Phi) is 3.33. The Labute approximate surface area is 133 Å². The molecule has 1 aliphatic rings. The van der Waals surface area contributed by atoms with Crippen LogP contribution in [0, 0.1) is 0 Å². The molecule has 0 saturated carbocycles. The van der Waals surface area contributed by atoms with Crippen LogP contribution in [-0.2, 0) is 4.79 Å². The molecule has 7 heteroatoms. The SMILES string of the molecule is CC(C(=O)N1CCCC1)n1cc(-c2ncnc3[nH]ccc23)cn1.